The van der Waals surface area contributed by atoms with Crippen LogP contribution in [-0.4, -0.2) is 25.8 Å². The Morgan fingerprint density at radius 1 is 1.41 bits per heavy atom. The van der Waals surface area contributed by atoms with Gasteiger partial charge < -0.3 is 9.47 Å². The SMILES string of the molecule is CCOC(=O)Nc1ccc(Cl)c(C(=O)OC)c1. The zero-order valence-corrected chi connectivity index (χ0v) is 10.2. The van der Waals surface area contributed by atoms with Crippen LogP contribution < -0.4 is 5.32 Å². The van der Waals surface area contributed by atoms with Crippen molar-refractivity contribution in [2.45, 2.75) is 6.92 Å². The minimum atomic E-state index is -0.592. The fourth-order valence-corrected chi connectivity index (χ4v) is 1.35. The molecular formula is C11H12ClNO4. The fraction of sp³-hybridized carbons (Fsp3) is 0.273. The molecule has 0 aromatic heterocycles. The monoisotopic (exact) mass is 257 g/mol. The standard InChI is InChI=1S/C11H12ClNO4/c1-3-17-11(15)13-7-4-5-9(12)8(6-7)10(14)16-2/h4-6H,3H2,1-2H3,(H,13,15). The van der Waals surface area contributed by atoms with Crippen LogP contribution in [0.25, 0.3) is 0 Å². The van der Waals surface area contributed by atoms with Gasteiger partial charge in [-0.2, -0.15) is 0 Å². The van der Waals surface area contributed by atoms with Crippen LogP contribution in [0.5, 0.6) is 0 Å². The molecule has 0 aliphatic rings. The number of hydrogen-bond acceptors (Lipinski definition) is 4. The number of amides is 1. The van der Waals surface area contributed by atoms with Crippen LogP contribution in [0.3, 0.4) is 0 Å². The topological polar surface area (TPSA) is 64.6 Å². The van der Waals surface area contributed by atoms with Crippen LogP contribution >= 0.6 is 11.6 Å². The van der Waals surface area contributed by atoms with E-state index in [9.17, 15) is 9.59 Å². The van der Waals surface area contributed by atoms with E-state index in [1.807, 2.05) is 0 Å². The molecule has 0 saturated heterocycles. The van der Waals surface area contributed by atoms with Crippen molar-refractivity contribution < 1.29 is 19.1 Å². The van der Waals surface area contributed by atoms with Crippen molar-refractivity contribution in [3.8, 4) is 0 Å². The van der Waals surface area contributed by atoms with E-state index in [1.54, 1.807) is 13.0 Å². The number of benzene rings is 1. The molecule has 0 aliphatic heterocycles. The predicted octanol–water partition coefficient (Wildman–Crippen LogP) is 2.70. The Kier molecular flexibility index (Phi) is 4.78. The van der Waals surface area contributed by atoms with Gasteiger partial charge in [0.05, 0.1) is 24.3 Å². The molecule has 0 heterocycles. The van der Waals surface area contributed by atoms with Crippen molar-refractivity contribution in [3.05, 3.63) is 28.8 Å². The van der Waals surface area contributed by atoms with E-state index in [1.165, 1.54) is 19.2 Å². The maximum Gasteiger partial charge on any atom is 0.411 e. The Hall–Kier alpha value is -1.75. The average molecular weight is 258 g/mol. The van der Waals surface area contributed by atoms with Gasteiger partial charge in [0.2, 0.25) is 0 Å². The third-order valence-corrected chi connectivity index (χ3v) is 2.22. The third-order valence-electron chi connectivity index (χ3n) is 1.89. The van der Waals surface area contributed by atoms with Gasteiger partial charge in [0, 0.05) is 5.69 Å². The Labute approximate surface area is 104 Å². The second-order valence-electron chi connectivity index (χ2n) is 3.03. The van der Waals surface area contributed by atoms with E-state index in [-0.39, 0.29) is 17.2 Å². The number of carbonyl (C=O) groups is 2. The number of rotatable bonds is 3. The summed E-state index contributed by atoms with van der Waals surface area (Å²) in [5, 5.41) is 2.72. The van der Waals surface area contributed by atoms with Crippen molar-refractivity contribution in [1.82, 2.24) is 0 Å². The Morgan fingerprint density at radius 3 is 2.71 bits per heavy atom. The quantitative estimate of drug-likeness (QED) is 0.846. The lowest BCUT2D eigenvalue weighted by atomic mass is 10.2. The molecular weight excluding hydrogens is 246 g/mol. The Balaban J connectivity index is 2.89. The highest BCUT2D eigenvalue weighted by atomic mass is 35.5. The van der Waals surface area contributed by atoms with Gasteiger partial charge in [-0.25, -0.2) is 9.59 Å². The van der Waals surface area contributed by atoms with Crippen molar-refractivity contribution in [1.29, 1.82) is 0 Å². The molecule has 0 saturated carbocycles. The largest absolute Gasteiger partial charge is 0.465 e. The fourth-order valence-electron chi connectivity index (χ4n) is 1.15. The molecule has 0 unspecified atom stereocenters. The molecule has 0 atom stereocenters. The lowest BCUT2D eigenvalue weighted by Gasteiger charge is -2.07. The summed E-state index contributed by atoms with van der Waals surface area (Å²) in [6, 6.07) is 4.48. The summed E-state index contributed by atoms with van der Waals surface area (Å²) in [5.74, 6) is -0.567. The van der Waals surface area contributed by atoms with Gasteiger partial charge in [0.1, 0.15) is 0 Å². The first kappa shape index (κ1) is 13.3. The number of nitrogens with one attached hydrogen (secondary N) is 1. The highest BCUT2D eigenvalue weighted by Gasteiger charge is 2.12. The zero-order chi connectivity index (χ0) is 12.8. The van der Waals surface area contributed by atoms with Crippen molar-refractivity contribution in [2.24, 2.45) is 0 Å². The first-order valence-corrected chi connectivity index (χ1v) is 5.28. The van der Waals surface area contributed by atoms with Crippen LogP contribution in [0.1, 0.15) is 17.3 Å². The molecule has 6 heteroatoms. The first-order valence-electron chi connectivity index (χ1n) is 4.90. The second kappa shape index (κ2) is 6.10. The summed E-state index contributed by atoms with van der Waals surface area (Å²) in [4.78, 5) is 22.5. The number of ether oxygens (including phenoxy) is 2. The van der Waals surface area contributed by atoms with Crippen LogP contribution in [0.4, 0.5) is 10.5 Å². The molecule has 1 N–H and O–H groups in total. The van der Waals surface area contributed by atoms with E-state index >= 15 is 0 Å². The molecule has 5 nitrogen and oxygen atoms in total. The van der Waals surface area contributed by atoms with E-state index < -0.39 is 12.1 Å². The van der Waals surface area contributed by atoms with Gasteiger partial charge in [-0.15, -0.1) is 0 Å². The normalized spacial score (nSPS) is 9.59. The van der Waals surface area contributed by atoms with Gasteiger partial charge in [-0.3, -0.25) is 5.32 Å². The molecule has 0 radical (unpaired) electrons. The van der Waals surface area contributed by atoms with Crippen molar-refractivity contribution in [2.75, 3.05) is 19.0 Å². The van der Waals surface area contributed by atoms with Crippen LogP contribution in [0.2, 0.25) is 5.02 Å². The lowest BCUT2D eigenvalue weighted by molar-refractivity contribution is 0.0601. The van der Waals surface area contributed by atoms with Gasteiger partial charge in [0.25, 0.3) is 0 Å². The van der Waals surface area contributed by atoms with Gasteiger partial charge >= 0.3 is 12.1 Å². The molecule has 0 spiro atoms. The number of esters is 1. The summed E-state index contributed by atoms with van der Waals surface area (Å²) >= 11 is 5.82. The van der Waals surface area contributed by atoms with Crippen LogP contribution in [0.15, 0.2) is 18.2 Å². The molecule has 1 aromatic carbocycles. The first-order chi connectivity index (χ1) is 8.08. The summed E-state index contributed by atoms with van der Waals surface area (Å²) in [6.07, 6.45) is -0.592. The molecule has 1 amide bonds. The van der Waals surface area contributed by atoms with Crippen molar-refractivity contribution in [3.63, 3.8) is 0 Å². The van der Waals surface area contributed by atoms with Crippen LogP contribution in [-0.2, 0) is 9.47 Å². The summed E-state index contributed by atoms with van der Waals surface area (Å²) in [6.45, 7) is 1.96. The van der Waals surface area contributed by atoms with Gasteiger partial charge in [-0.05, 0) is 25.1 Å². The summed E-state index contributed by atoms with van der Waals surface area (Å²) < 4.78 is 9.26. The average Bonchev–Trinajstić information content (AvgIpc) is 2.31. The molecule has 0 aliphatic carbocycles. The molecule has 1 rings (SSSR count). The van der Waals surface area contributed by atoms with E-state index in [4.69, 9.17) is 16.3 Å². The second-order valence-corrected chi connectivity index (χ2v) is 3.44. The molecule has 92 valence electrons. The maximum atomic E-state index is 11.3. The number of hydrogen-bond donors (Lipinski definition) is 1. The zero-order valence-electron chi connectivity index (χ0n) is 9.45. The maximum absolute atomic E-state index is 11.3. The molecule has 0 bridgehead atoms. The van der Waals surface area contributed by atoms with Gasteiger partial charge in [0.15, 0.2) is 0 Å². The van der Waals surface area contributed by atoms with Crippen LogP contribution in [0, 0.1) is 0 Å². The Morgan fingerprint density at radius 2 is 2.12 bits per heavy atom. The highest BCUT2D eigenvalue weighted by Crippen LogP contribution is 2.21. The highest BCUT2D eigenvalue weighted by molar-refractivity contribution is 6.33. The number of halogens is 1. The lowest BCUT2D eigenvalue weighted by Crippen LogP contribution is -2.14. The Bertz CT molecular complexity index is 433. The van der Waals surface area contributed by atoms with E-state index in [0.717, 1.165) is 0 Å². The van der Waals surface area contributed by atoms with Crippen molar-refractivity contribution >= 4 is 29.4 Å². The molecule has 1 aromatic rings. The van der Waals surface area contributed by atoms with Gasteiger partial charge in [-0.1, -0.05) is 11.6 Å². The third kappa shape index (κ3) is 3.64. The minimum absolute atomic E-state index is 0.184. The molecule has 17 heavy (non-hydrogen) atoms. The minimum Gasteiger partial charge on any atom is -0.465 e. The van der Waals surface area contributed by atoms with E-state index in [2.05, 4.69) is 10.1 Å². The number of anilines is 1. The summed E-state index contributed by atoms with van der Waals surface area (Å²) in [7, 11) is 1.25. The number of carbonyl (C=O) groups excluding carboxylic acids is 2. The number of methoxy groups -OCH3 is 1. The summed E-state index contributed by atoms with van der Waals surface area (Å²) in [5.41, 5.74) is 0.594. The van der Waals surface area contributed by atoms with E-state index in [0.29, 0.717) is 5.69 Å². The predicted molar refractivity (Wildman–Crippen MR) is 63.4 cm³/mol. The molecule has 0 fully saturated rings. The smallest absolute Gasteiger partial charge is 0.411 e.